The molecular formula is C11H10N2O2S. The topological polar surface area (TPSA) is 56.0 Å². The minimum absolute atomic E-state index is 0.0412. The lowest BCUT2D eigenvalue weighted by atomic mass is 10.2. The molecule has 0 N–H and O–H groups in total. The predicted molar refractivity (Wildman–Crippen MR) is 61.7 cm³/mol. The van der Waals surface area contributed by atoms with E-state index in [0.29, 0.717) is 17.5 Å². The van der Waals surface area contributed by atoms with E-state index in [0.717, 1.165) is 17.3 Å². The van der Waals surface area contributed by atoms with Gasteiger partial charge in [0.1, 0.15) is 0 Å². The molecule has 0 spiro atoms. The Hall–Kier alpha value is -1.62. The van der Waals surface area contributed by atoms with Crippen molar-refractivity contribution >= 4 is 16.9 Å². The minimum atomic E-state index is 0.0412. The lowest BCUT2D eigenvalue weighted by molar-refractivity contribution is -0.109. The summed E-state index contributed by atoms with van der Waals surface area (Å²) < 4.78 is 5.42. The molecule has 0 saturated carbocycles. The van der Waals surface area contributed by atoms with Crippen molar-refractivity contribution in [2.45, 2.75) is 12.7 Å². The van der Waals surface area contributed by atoms with E-state index in [1.807, 2.05) is 30.3 Å². The van der Waals surface area contributed by atoms with E-state index in [-0.39, 0.29) is 5.12 Å². The molecule has 0 aliphatic heterocycles. The first-order chi connectivity index (χ1) is 7.75. The predicted octanol–water partition coefficient (Wildman–Crippen LogP) is 2.52. The minimum Gasteiger partial charge on any atom is -0.420 e. The number of carbonyl (C=O) groups excluding carboxylic acids is 1. The fraction of sp³-hybridized carbons (Fsp3) is 0.182. The average molecular weight is 234 g/mol. The van der Waals surface area contributed by atoms with Crippen molar-refractivity contribution in [3.05, 3.63) is 36.2 Å². The Balaban J connectivity index is 2.11. The first kappa shape index (κ1) is 10.9. The lowest BCUT2D eigenvalue weighted by Gasteiger charge is -1.92. The van der Waals surface area contributed by atoms with Crippen molar-refractivity contribution in [3.63, 3.8) is 0 Å². The molecule has 16 heavy (non-hydrogen) atoms. The van der Waals surface area contributed by atoms with Crippen LogP contribution in [0.25, 0.3) is 11.5 Å². The van der Waals surface area contributed by atoms with E-state index < -0.39 is 0 Å². The summed E-state index contributed by atoms with van der Waals surface area (Å²) in [5.41, 5.74) is 0.883. The Morgan fingerprint density at radius 2 is 2.06 bits per heavy atom. The molecule has 4 nitrogen and oxygen atoms in total. The van der Waals surface area contributed by atoms with Gasteiger partial charge in [0.25, 0.3) is 0 Å². The number of benzene rings is 1. The Morgan fingerprint density at radius 3 is 2.75 bits per heavy atom. The third kappa shape index (κ3) is 2.70. The number of hydrogen-bond donors (Lipinski definition) is 0. The molecule has 1 aromatic heterocycles. The highest BCUT2D eigenvalue weighted by Crippen LogP contribution is 2.19. The molecule has 1 aromatic carbocycles. The average Bonchev–Trinajstić information content (AvgIpc) is 2.76. The maximum atomic E-state index is 10.8. The molecule has 0 amide bonds. The van der Waals surface area contributed by atoms with Crippen LogP contribution in [0.2, 0.25) is 0 Å². The quantitative estimate of drug-likeness (QED) is 0.816. The first-order valence-electron chi connectivity index (χ1n) is 4.77. The highest BCUT2D eigenvalue weighted by Gasteiger charge is 2.08. The second-order valence-electron chi connectivity index (χ2n) is 3.15. The molecule has 0 radical (unpaired) electrons. The third-order valence-electron chi connectivity index (χ3n) is 1.89. The van der Waals surface area contributed by atoms with Gasteiger partial charge in [-0.1, -0.05) is 30.0 Å². The largest absolute Gasteiger partial charge is 0.420 e. The van der Waals surface area contributed by atoms with Crippen molar-refractivity contribution in [2.24, 2.45) is 0 Å². The normalized spacial score (nSPS) is 10.3. The van der Waals surface area contributed by atoms with E-state index in [4.69, 9.17) is 4.42 Å². The van der Waals surface area contributed by atoms with Gasteiger partial charge < -0.3 is 4.42 Å². The SMILES string of the molecule is CC(=O)SCc1nnc(-c2ccccc2)o1. The van der Waals surface area contributed by atoms with Crippen LogP contribution in [-0.2, 0) is 10.5 Å². The van der Waals surface area contributed by atoms with E-state index in [2.05, 4.69) is 10.2 Å². The van der Waals surface area contributed by atoms with Gasteiger partial charge in [0.15, 0.2) is 5.12 Å². The molecule has 0 bridgehead atoms. The zero-order valence-corrected chi connectivity index (χ0v) is 9.53. The molecular weight excluding hydrogens is 224 g/mol. The summed E-state index contributed by atoms with van der Waals surface area (Å²) in [6.07, 6.45) is 0. The van der Waals surface area contributed by atoms with Gasteiger partial charge in [0, 0.05) is 12.5 Å². The number of hydrogen-bond acceptors (Lipinski definition) is 5. The van der Waals surface area contributed by atoms with Crippen LogP contribution >= 0.6 is 11.8 Å². The van der Waals surface area contributed by atoms with Crippen LogP contribution in [0.3, 0.4) is 0 Å². The third-order valence-corrected chi connectivity index (χ3v) is 2.68. The van der Waals surface area contributed by atoms with Gasteiger partial charge in [-0.25, -0.2) is 0 Å². The second kappa shape index (κ2) is 4.94. The highest BCUT2D eigenvalue weighted by atomic mass is 32.2. The van der Waals surface area contributed by atoms with Gasteiger partial charge in [0.2, 0.25) is 11.8 Å². The van der Waals surface area contributed by atoms with E-state index in [1.54, 1.807) is 0 Å². The summed E-state index contributed by atoms with van der Waals surface area (Å²) in [6.45, 7) is 1.51. The van der Waals surface area contributed by atoms with Gasteiger partial charge in [-0.05, 0) is 12.1 Å². The van der Waals surface area contributed by atoms with Gasteiger partial charge in [-0.3, -0.25) is 4.79 Å². The number of nitrogens with zero attached hydrogens (tertiary/aromatic N) is 2. The Labute approximate surface area is 97.1 Å². The fourth-order valence-electron chi connectivity index (χ4n) is 1.17. The molecule has 0 aliphatic carbocycles. The van der Waals surface area contributed by atoms with Crippen LogP contribution in [0.5, 0.6) is 0 Å². The van der Waals surface area contributed by atoms with Gasteiger partial charge in [-0.15, -0.1) is 10.2 Å². The molecule has 0 fully saturated rings. The van der Waals surface area contributed by atoms with Crippen LogP contribution in [-0.4, -0.2) is 15.3 Å². The molecule has 2 aromatic rings. The molecule has 1 heterocycles. The van der Waals surface area contributed by atoms with Crippen molar-refractivity contribution in [1.29, 1.82) is 0 Å². The first-order valence-corrected chi connectivity index (χ1v) is 5.75. The van der Waals surface area contributed by atoms with Crippen LogP contribution in [0.15, 0.2) is 34.7 Å². The standard InChI is InChI=1S/C11H10N2O2S/c1-8(14)16-7-10-12-13-11(15-10)9-5-3-2-4-6-9/h2-6H,7H2,1H3. The summed E-state index contributed by atoms with van der Waals surface area (Å²) in [4.78, 5) is 10.8. The Morgan fingerprint density at radius 1 is 1.31 bits per heavy atom. The van der Waals surface area contributed by atoms with Gasteiger partial charge in [0.05, 0.1) is 5.75 Å². The van der Waals surface area contributed by atoms with Crippen molar-refractivity contribution in [2.75, 3.05) is 0 Å². The maximum Gasteiger partial charge on any atom is 0.247 e. The van der Waals surface area contributed by atoms with Crippen molar-refractivity contribution in [1.82, 2.24) is 10.2 Å². The zero-order valence-electron chi connectivity index (χ0n) is 8.71. The number of aromatic nitrogens is 2. The monoisotopic (exact) mass is 234 g/mol. The van der Waals surface area contributed by atoms with Crippen molar-refractivity contribution < 1.29 is 9.21 Å². The summed E-state index contributed by atoms with van der Waals surface area (Å²) in [6, 6.07) is 9.53. The number of thioether (sulfide) groups is 1. The zero-order chi connectivity index (χ0) is 11.4. The van der Waals surface area contributed by atoms with Crippen molar-refractivity contribution in [3.8, 4) is 11.5 Å². The fourth-order valence-corrected chi connectivity index (χ4v) is 1.62. The van der Waals surface area contributed by atoms with E-state index in [1.165, 1.54) is 6.92 Å². The van der Waals surface area contributed by atoms with E-state index in [9.17, 15) is 4.79 Å². The molecule has 5 heteroatoms. The molecule has 0 saturated heterocycles. The molecule has 0 atom stereocenters. The molecule has 0 aliphatic rings. The molecule has 0 unspecified atom stereocenters. The second-order valence-corrected chi connectivity index (χ2v) is 4.30. The Bertz CT molecular complexity index is 482. The van der Waals surface area contributed by atoms with E-state index >= 15 is 0 Å². The van der Waals surface area contributed by atoms with Crippen LogP contribution in [0.1, 0.15) is 12.8 Å². The summed E-state index contributed by atoms with van der Waals surface area (Å²) in [5, 5.41) is 7.84. The molecule has 82 valence electrons. The molecule has 2 rings (SSSR count). The number of rotatable bonds is 3. The smallest absolute Gasteiger partial charge is 0.247 e. The lowest BCUT2D eigenvalue weighted by Crippen LogP contribution is -1.85. The maximum absolute atomic E-state index is 10.8. The summed E-state index contributed by atoms with van der Waals surface area (Å²) in [7, 11) is 0. The van der Waals surface area contributed by atoms with Crippen LogP contribution < -0.4 is 0 Å². The van der Waals surface area contributed by atoms with Gasteiger partial charge in [-0.2, -0.15) is 0 Å². The van der Waals surface area contributed by atoms with Crippen LogP contribution in [0, 0.1) is 0 Å². The number of carbonyl (C=O) groups is 1. The van der Waals surface area contributed by atoms with Gasteiger partial charge >= 0.3 is 0 Å². The Kier molecular flexibility index (Phi) is 3.36. The highest BCUT2D eigenvalue weighted by molar-refractivity contribution is 8.12. The summed E-state index contributed by atoms with van der Waals surface area (Å²) >= 11 is 1.16. The summed E-state index contributed by atoms with van der Waals surface area (Å²) in [5.74, 6) is 1.38. The van der Waals surface area contributed by atoms with Crippen LogP contribution in [0.4, 0.5) is 0 Å².